The molecule has 0 spiro atoms. The Morgan fingerprint density at radius 2 is 1.33 bits per heavy atom. The number of hydrogen-bond acceptors (Lipinski definition) is 5. The summed E-state index contributed by atoms with van der Waals surface area (Å²) in [5.74, 6) is -2.32. The first kappa shape index (κ1) is 25.1. The lowest BCUT2D eigenvalue weighted by Crippen LogP contribution is -2.18. The minimum atomic E-state index is -1.48. The number of halogens is 4. The second kappa shape index (κ2) is 11.1. The van der Waals surface area contributed by atoms with Crippen molar-refractivity contribution in [1.82, 2.24) is 4.98 Å². The Kier molecular flexibility index (Phi) is 8.45. The van der Waals surface area contributed by atoms with Gasteiger partial charge in [0.25, 0.3) is 5.91 Å². The molecule has 1 heterocycles. The first-order valence-electron chi connectivity index (χ1n) is 9.02. The van der Waals surface area contributed by atoms with Gasteiger partial charge in [-0.3, -0.25) is 14.6 Å². The molecule has 0 radical (unpaired) electrons. The fraction of sp³-hybridized carbons (Fsp3) is 0.0476. The van der Waals surface area contributed by atoms with E-state index in [1.165, 1.54) is 11.8 Å². The molecule has 0 bridgehead atoms. The highest BCUT2D eigenvalue weighted by atomic mass is 35.5. The van der Waals surface area contributed by atoms with Crippen LogP contribution < -0.4 is 10.6 Å². The second-order valence-corrected chi connectivity index (χ2v) is 8.92. The molecule has 0 saturated carbocycles. The van der Waals surface area contributed by atoms with Gasteiger partial charge in [0.2, 0.25) is 5.91 Å². The maximum Gasteiger partial charge on any atom is 0.338 e. The molecule has 0 aliphatic heterocycles. The number of amides is 2. The molecule has 3 aromatic rings. The van der Waals surface area contributed by atoms with Crippen LogP contribution in [0.4, 0.5) is 11.4 Å². The van der Waals surface area contributed by atoms with E-state index in [0.29, 0.717) is 11.4 Å². The molecule has 0 fully saturated rings. The van der Waals surface area contributed by atoms with Gasteiger partial charge in [0, 0.05) is 28.7 Å². The number of carboxylic acids is 1. The van der Waals surface area contributed by atoms with Crippen molar-refractivity contribution in [2.75, 3.05) is 16.4 Å². The SMILES string of the molecule is O=C(CSc1ccc(NC(=O)c2c(Cl)c(Cl)c(Cl)c(Cl)c2C(=O)O)cc1)Nc1ccncc1. The fourth-order valence-electron chi connectivity index (χ4n) is 2.65. The molecule has 3 N–H and O–H groups in total. The van der Waals surface area contributed by atoms with Crippen LogP contribution in [0.25, 0.3) is 0 Å². The van der Waals surface area contributed by atoms with Gasteiger partial charge in [-0.2, -0.15) is 0 Å². The molecular weight excluding hydrogens is 532 g/mol. The summed E-state index contributed by atoms with van der Waals surface area (Å²) in [5.41, 5.74) is 0.0476. The number of anilines is 2. The number of aromatic carboxylic acids is 1. The summed E-state index contributed by atoms with van der Waals surface area (Å²) >= 11 is 25.3. The van der Waals surface area contributed by atoms with Gasteiger partial charge in [0.05, 0.1) is 37.0 Å². The van der Waals surface area contributed by atoms with E-state index in [1.807, 2.05) is 0 Å². The normalized spacial score (nSPS) is 10.5. The summed E-state index contributed by atoms with van der Waals surface area (Å²) in [7, 11) is 0. The third kappa shape index (κ3) is 6.10. The molecule has 2 amide bonds. The lowest BCUT2D eigenvalue weighted by atomic mass is 10.1. The molecular formula is C21H13Cl4N3O4S. The Morgan fingerprint density at radius 1 is 0.788 bits per heavy atom. The molecule has 0 unspecified atom stereocenters. The van der Waals surface area contributed by atoms with Crippen molar-refractivity contribution in [3.05, 3.63) is 80.0 Å². The number of rotatable bonds is 7. The number of aromatic nitrogens is 1. The summed E-state index contributed by atoms with van der Waals surface area (Å²) < 4.78 is 0. The Bertz CT molecular complexity index is 1220. The molecule has 12 heteroatoms. The molecule has 0 saturated heterocycles. The molecule has 2 aromatic carbocycles. The number of pyridine rings is 1. The van der Waals surface area contributed by atoms with Gasteiger partial charge in [-0.25, -0.2) is 4.79 Å². The predicted octanol–water partition coefficient (Wildman–Crippen LogP) is 6.38. The molecule has 7 nitrogen and oxygen atoms in total. The van der Waals surface area contributed by atoms with Crippen LogP contribution in [0, 0.1) is 0 Å². The second-order valence-electron chi connectivity index (χ2n) is 6.36. The number of nitrogens with zero attached hydrogens (tertiary/aromatic N) is 1. The zero-order chi connectivity index (χ0) is 24.1. The van der Waals surface area contributed by atoms with Crippen molar-refractivity contribution in [1.29, 1.82) is 0 Å². The molecule has 3 rings (SSSR count). The number of nitrogens with one attached hydrogen (secondary N) is 2. The summed E-state index contributed by atoms with van der Waals surface area (Å²) in [6.07, 6.45) is 3.16. The monoisotopic (exact) mass is 543 g/mol. The van der Waals surface area contributed by atoms with Gasteiger partial charge in [-0.1, -0.05) is 46.4 Å². The minimum Gasteiger partial charge on any atom is -0.478 e. The van der Waals surface area contributed by atoms with Crippen molar-refractivity contribution >= 4 is 87.3 Å². The quantitative estimate of drug-likeness (QED) is 0.181. The summed E-state index contributed by atoms with van der Waals surface area (Å²) in [6.45, 7) is 0. The number of carbonyl (C=O) groups excluding carboxylic acids is 2. The van der Waals surface area contributed by atoms with Crippen LogP contribution in [0.1, 0.15) is 20.7 Å². The maximum atomic E-state index is 12.8. The van der Waals surface area contributed by atoms with E-state index in [2.05, 4.69) is 15.6 Å². The molecule has 0 aliphatic carbocycles. The minimum absolute atomic E-state index is 0.174. The highest BCUT2D eigenvalue weighted by Crippen LogP contribution is 2.41. The smallest absolute Gasteiger partial charge is 0.338 e. The maximum absolute atomic E-state index is 12.8. The Morgan fingerprint density at radius 3 is 1.91 bits per heavy atom. The fourth-order valence-corrected chi connectivity index (χ4v) is 4.37. The van der Waals surface area contributed by atoms with Gasteiger partial charge < -0.3 is 15.7 Å². The van der Waals surface area contributed by atoms with Gasteiger partial charge in [0.15, 0.2) is 0 Å². The molecule has 33 heavy (non-hydrogen) atoms. The van der Waals surface area contributed by atoms with Crippen LogP contribution in [-0.4, -0.2) is 33.6 Å². The molecule has 0 atom stereocenters. The third-order valence-corrected chi connectivity index (χ3v) is 6.97. The zero-order valence-corrected chi connectivity index (χ0v) is 20.2. The molecule has 0 aliphatic rings. The summed E-state index contributed by atoms with van der Waals surface area (Å²) in [4.78, 5) is 41.1. The number of benzene rings is 2. The van der Waals surface area contributed by atoms with E-state index >= 15 is 0 Å². The van der Waals surface area contributed by atoms with E-state index in [1.54, 1.807) is 48.8 Å². The van der Waals surface area contributed by atoms with Crippen LogP contribution in [0.2, 0.25) is 20.1 Å². The van der Waals surface area contributed by atoms with E-state index < -0.39 is 23.0 Å². The number of carbonyl (C=O) groups is 3. The van der Waals surface area contributed by atoms with Crippen LogP contribution in [-0.2, 0) is 4.79 Å². The van der Waals surface area contributed by atoms with E-state index in [0.717, 1.165) is 4.90 Å². The van der Waals surface area contributed by atoms with Crippen LogP contribution in [0.3, 0.4) is 0 Å². The van der Waals surface area contributed by atoms with Crippen molar-refractivity contribution in [2.24, 2.45) is 0 Å². The van der Waals surface area contributed by atoms with Gasteiger partial charge in [-0.15, -0.1) is 11.8 Å². The van der Waals surface area contributed by atoms with E-state index in [-0.39, 0.29) is 31.8 Å². The van der Waals surface area contributed by atoms with E-state index in [4.69, 9.17) is 46.4 Å². The Balaban J connectivity index is 1.69. The summed E-state index contributed by atoms with van der Waals surface area (Å²) in [5, 5.41) is 13.6. The first-order chi connectivity index (χ1) is 15.7. The van der Waals surface area contributed by atoms with Crippen LogP contribution in [0.15, 0.2) is 53.7 Å². The Labute approximate surface area is 212 Å². The zero-order valence-electron chi connectivity index (χ0n) is 16.4. The Hall–Kier alpha value is -2.49. The van der Waals surface area contributed by atoms with Crippen LogP contribution in [0.5, 0.6) is 0 Å². The van der Waals surface area contributed by atoms with Crippen molar-refractivity contribution in [3.8, 4) is 0 Å². The number of thioether (sulfide) groups is 1. The highest BCUT2D eigenvalue weighted by Gasteiger charge is 2.28. The average molecular weight is 545 g/mol. The van der Waals surface area contributed by atoms with Gasteiger partial charge >= 0.3 is 5.97 Å². The highest BCUT2D eigenvalue weighted by molar-refractivity contribution is 8.00. The standard InChI is InChI=1S/C21H13Cl4N3O4S/c22-16-14(15(21(31)32)17(23)19(25)18(16)24)20(30)28-10-1-3-12(4-2-10)33-9-13(29)27-11-5-7-26-8-6-11/h1-8H,9H2,(H,28,30)(H,31,32)(H,26,27,29). The number of hydrogen-bond donors (Lipinski definition) is 3. The van der Waals surface area contributed by atoms with Gasteiger partial charge in [0.1, 0.15) is 0 Å². The number of carboxylic acid groups (broad SMARTS) is 1. The average Bonchev–Trinajstić information content (AvgIpc) is 2.79. The van der Waals surface area contributed by atoms with Crippen molar-refractivity contribution < 1.29 is 19.5 Å². The molecule has 1 aromatic heterocycles. The predicted molar refractivity (Wildman–Crippen MR) is 131 cm³/mol. The third-order valence-electron chi connectivity index (χ3n) is 4.15. The first-order valence-corrected chi connectivity index (χ1v) is 11.5. The van der Waals surface area contributed by atoms with Crippen LogP contribution >= 0.6 is 58.2 Å². The topological polar surface area (TPSA) is 108 Å². The largest absolute Gasteiger partial charge is 0.478 e. The molecule has 170 valence electrons. The lowest BCUT2D eigenvalue weighted by molar-refractivity contribution is -0.113. The lowest BCUT2D eigenvalue weighted by Gasteiger charge is -2.14. The van der Waals surface area contributed by atoms with Crippen molar-refractivity contribution in [3.63, 3.8) is 0 Å². The summed E-state index contributed by atoms with van der Waals surface area (Å²) in [6, 6.07) is 9.94. The van der Waals surface area contributed by atoms with Gasteiger partial charge in [-0.05, 0) is 36.4 Å². The van der Waals surface area contributed by atoms with E-state index in [9.17, 15) is 19.5 Å². The van der Waals surface area contributed by atoms with Crippen molar-refractivity contribution in [2.45, 2.75) is 4.90 Å².